The first-order chi connectivity index (χ1) is 11.6. The van der Waals surface area contributed by atoms with E-state index in [2.05, 4.69) is 5.16 Å². The molecule has 0 spiro atoms. The van der Waals surface area contributed by atoms with Crippen molar-refractivity contribution in [2.75, 3.05) is 0 Å². The van der Waals surface area contributed by atoms with Gasteiger partial charge >= 0.3 is 0 Å². The normalized spacial score (nSPS) is 19.4. The molecule has 0 N–H and O–H groups in total. The van der Waals surface area contributed by atoms with Crippen molar-refractivity contribution in [3.05, 3.63) is 75.3 Å². The third-order valence-electron chi connectivity index (χ3n) is 4.27. The highest BCUT2D eigenvalue weighted by atomic mass is 35.5. The molecule has 0 amide bonds. The number of halogens is 2. The second-order valence-corrected chi connectivity index (χ2v) is 6.68. The fourth-order valence-electron chi connectivity index (χ4n) is 2.93. The van der Waals surface area contributed by atoms with Crippen LogP contribution in [0.2, 0.25) is 10.0 Å². The van der Waals surface area contributed by atoms with Gasteiger partial charge in [-0.25, -0.2) is 0 Å². The first kappa shape index (κ1) is 15.4. The zero-order valence-electron chi connectivity index (χ0n) is 12.6. The summed E-state index contributed by atoms with van der Waals surface area (Å²) < 4.78 is 0. The molecule has 0 bridgehead atoms. The summed E-state index contributed by atoms with van der Waals surface area (Å²) in [4.78, 5) is 16.6. The maximum Gasteiger partial charge on any atom is 0.160 e. The lowest BCUT2D eigenvalue weighted by atomic mass is 9.90. The molecule has 2 aromatic rings. The lowest BCUT2D eigenvalue weighted by molar-refractivity contribution is -0.114. The number of rotatable bonds is 3. The van der Waals surface area contributed by atoms with E-state index in [1.54, 1.807) is 24.3 Å². The third kappa shape index (κ3) is 2.74. The van der Waals surface area contributed by atoms with Crippen molar-refractivity contribution in [1.82, 2.24) is 0 Å². The molecule has 2 aliphatic rings. The molecule has 3 nitrogen and oxygen atoms in total. The van der Waals surface area contributed by atoms with Crippen molar-refractivity contribution in [1.29, 1.82) is 0 Å². The Morgan fingerprint density at radius 3 is 2.33 bits per heavy atom. The highest BCUT2D eigenvalue weighted by Gasteiger charge is 2.27. The standard InChI is InChI=1S/C19H13Cl2NO2/c20-15-2-1-3-16(21)19(15)17-10-18(24-22-17)12-6-4-11(5-7-12)13-8-14(23)9-13/h1-8,18H,9-10H2/t18-/m0/s1. The van der Waals surface area contributed by atoms with E-state index in [9.17, 15) is 4.79 Å². The van der Waals surface area contributed by atoms with E-state index >= 15 is 0 Å². The summed E-state index contributed by atoms with van der Waals surface area (Å²) in [6, 6.07) is 13.4. The molecule has 1 heterocycles. The molecule has 1 aliphatic heterocycles. The van der Waals surface area contributed by atoms with E-state index in [4.69, 9.17) is 28.0 Å². The van der Waals surface area contributed by atoms with Gasteiger partial charge in [0.1, 0.15) is 0 Å². The van der Waals surface area contributed by atoms with Crippen molar-refractivity contribution in [3.8, 4) is 0 Å². The van der Waals surface area contributed by atoms with Crippen LogP contribution in [0, 0.1) is 0 Å². The number of hydrogen-bond donors (Lipinski definition) is 0. The molecule has 2 aromatic carbocycles. The van der Waals surface area contributed by atoms with Gasteiger partial charge in [0, 0.05) is 18.4 Å². The van der Waals surface area contributed by atoms with Crippen LogP contribution in [-0.2, 0) is 9.63 Å². The zero-order chi connectivity index (χ0) is 16.7. The Labute approximate surface area is 149 Å². The predicted octanol–water partition coefficient (Wildman–Crippen LogP) is 5.22. The molecule has 0 aromatic heterocycles. The SMILES string of the molecule is O=C1C=C(c2ccc([C@@H]3CC(c4c(Cl)cccc4Cl)=NO3)cc2)C1. The zero-order valence-corrected chi connectivity index (χ0v) is 14.1. The maximum atomic E-state index is 11.1. The molecule has 1 atom stereocenters. The minimum Gasteiger partial charge on any atom is -0.387 e. The quantitative estimate of drug-likeness (QED) is 0.755. The summed E-state index contributed by atoms with van der Waals surface area (Å²) in [5.74, 6) is 0.183. The Hall–Kier alpha value is -2.10. The Morgan fingerprint density at radius 2 is 1.71 bits per heavy atom. The minimum absolute atomic E-state index is 0.154. The summed E-state index contributed by atoms with van der Waals surface area (Å²) in [5, 5.41) is 5.32. The predicted molar refractivity (Wildman–Crippen MR) is 95.5 cm³/mol. The molecule has 24 heavy (non-hydrogen) atoms. The first-order valence-corrected chi connectivity index (χ1v) is 8.38. The highest BCUT2D eigenvalue weighted by Crippen LogP contribution is 2.35. The molecule has 0 unspecified atom stereocenters. The monoisotopic (exact) mass is 357 g/mol. The number of benzene rings is 2. The number of oxime groups is 1. The van der Waals surface area contributed by atoms with Crippen molar-refractivity contribution in [3.63, 3.8) is 0 Å². The number of carbonyl (C=O) groups excluding carboxylic acids is 1. The van der Waals surface area contributed by atoms with E-state index in [1.165, 1.54) is 0 Å². The maximum absolute atomic E-state index is 11.1. The van der Waals surface area contributed by atoms with Crippen LogP contribution in [-0.4, -0.2) is 11.5 Å². The molecule has 0 radical (unpaired) electrons. The van der Waals surface area contributed by atoms with Gasteiger partial charge in [0.05, 0.1) is 15.8 Å². The van der Waals surface area contributed by atoms with E-state index in [0.29, 0.717) is 22.9 Å². The molecule has 0 saturated carbocycles. The number of allylic oxidation sites excluding steroid dienone is 2. The van der Waals surface area contributed by atoms with Crippen LogP contribution in [0.3, 0.4) is 0 Å². The second-order valence-electron chi connectivity index (χ2n) is 5.87. The molecule has 1 aliphatic carbocycles. The Kier molecular flexibility index (Phi) is 3.91. The largest absolute Gasteiger partial charge is 0.387 e. The molecular weight excluding hydrogens is 345 g/mol. The lowest BCUT2D eigenvalue weighted by Gasteiger charge is -2.15. The van der Waals surface area contributed by atoms with Crippen molar-refractivity contribution >= 4 is 40.3 Å². The Bertz CT molecular complexity index is 864. The summed E-state index contributed by atoms with van der Waals surface area (Å²) in [7, 11) is 0. The van der Waals surface area contributed by atoms with E-state index in [0.717, 1.165) is 28.0 Å². The summed E-state index contributed by atoms with van der Waals surface area (Å²) in [6.07, 6.45) is 2.67. The van der Waals surface area contributed by atoms with Crippen molar-refractivity contribution in [2.24, 2.45) is 5.16 Å². The van der Waals surface area contributed by atoms with Crippen LogP contribution in [0.1, 0.15) is 35.6 Å². The van der Waals surface area contributed by atoms with Crippen LogP contribution in [0.25, 0.3) is 5.57 Å². The topological polar surface area (TPSA) is 38.7 Å². The first-order valence-electron chi connectivity index (χ1n) is 7.62. The smallest absolute Gasteiger partial charge is 0.160 e. The Balaban J connectivity index is 1.52. The molecule has 0 saturated heterocycles. The van der Waals surface area contributed by atoms with Crippen LogP contribution in [0.5, 0.6) is 0 Å². The molecular formula is C19H13Cl2NO2. The minimum atomic E-state index is -0.154. The van der Waals surface area contributed by atoms with Crippen molar-refractivity contribution in [2.45, 2.75) is 18.9 Å². The van der Waals surface area contributed by atoms with Gasteiger partial charge in [-0.2, -0.15) is 0 Å². The van der Waals surface area contributed by atoms with Gasteiger partial charge in [-0.3, -0.25) is 4.79 Å². The van der Waals surface area contributed by atoms with Crippen LogP contribution < -0.4 is 0 Å². The number of nitrogens with zero attached hydrogens (tertiary/aromatic N) is 1. The van der Waals surface area contributed by atoms with Gasteiger partial charge < -0.3 is 4.84 Å². The summed E-state index contributed by atoms with van der Waals surface area (Å²) in [5.41, 5.74) is 4.68. The van der Waals surface area contributed by atoms with Gasteiger partial charge in [0.2, 0.25) is 0 Å². The number of hydrogen-bond acceptors (Lipinski definition) is 3. The van der Waals surface area contributed by atoms with Crippen LogP contribution >= 0.6 is 23.2 Å². The van der Waals surface area contributed by atoms with Gasteiger partial charge in [0.15, 0.2) is 11.9 Å². The second kappa shape index (κ2) is 6.08. The fraction of sp³-hybridized carbons (Fsp3) is 0.158. The van der Waals surface area contributed by atoms with E-state index < -0.39 is 0 Å². The molecule has 5 heteroatoms. The van der Waals surface area contributed by atoms with E-state index in [-0.39, 0.29) is 11.9 Å². The molecule has 0 fully saturated rings. The van der Waals surface area contributed by atoms with Crippen LogP contribution in [0.4, 0.5) is 0 Å². The van der Waals surface area contributed by atoms with Gasteiger partial charge in [-0.05, 0) is 34.9 Å². The third-order valence-corrected chi connectivity index (χ3v) is 4.90. The van der Waals surface area contributed by atoms with E-state index in [1.807, 2.05) is 24.3 Å². The molecule has 120 valence electrons. The summed E-state index contributed by atoms with van der Waals surface area (Å²) >= 11 is 12.5. The average Bonchev–Trinajstić information content (AvgIpc) is 3.01. The van der Waals surface area contributed by atoms with Crippen LogP contribution in [0.15, 0.2) is 53.7 Å². The fourth-order valence-corrected chi connectivity index (χ4v) is 3.54. The van der Waals surface area contributed by atoms with Gasteiger partial charge in [-0.15, -0.1) is 0 Å². The lowest BCUT2D eigenvalue weighted by Crippen LogP contribution is -2.07. The van der Waals surface area contributed by atoms with Gasteiger partial charge in [0.25, 0.3) is 0 Å². The van der Waals surface area contributed by atoms with Gasteiger partial charge in [-0.1, -0.05) is 58.7 Å². The molecule has 4 rings (SSSR count). The highest BCUT2D eigenvalue weighted by molar-refractivity contribution is 6.40. The summed E-state index contributed by atoms with van der Waals surface area (Å²) in [6.45, 7) is 0. The average molecular weight is 358 g/mol. The number of carbonyl (C=O) groups is 1. The Morgan fingerprint density at radius 1 is 1.04 bits per heavy atom. The van der Waals surface area contributed by atoms with Crippen molar-refractivity contribution < 1.29 is 9.63 Å². The number of ketones is 1.